The van der Waals surface area contributed by atoms with E-state index in [1.54, 1.807) is 6.92 Å². The molecule has 0 unspecified atom stereocenters. The number of hydrogen-bond donors (Lipinski definition) is 0. The van der Waals surface area contributed by atoms with Crippen molar-refractivity contribution in [1.82, 2.24) is 0 Å². The van der Waals surface area contributed by atoms with Crippen LogP contribution in [0.15, 0.2) is 12.2 Å². The number of allylic oxidation sites excluding steroid dienone is 1. The van der Waals surface area contributed by atoms with E-state index in [0.29, 0.717) is 5.57 Å². The first-order valence-corrected chi connectivity index (χ1v) is 7.06. The van der Waals surface area contributed by atoms with Crippen LogP contribution < -0.4 is 0 Å². The molecule has 0 aromatic carbocycles. The molecule has 0 bridgehead atoms. The second-order valence-corrected chi connectivity index (χ2v) is 7.50. The van der Waals surface area contributed by atoms with Crippen LogP contribution in [-0.4, -0.2) is 19.8 Å². The summed E-state index contributed by atoms with van der Waals surface area (Å²) in [7, 11) is -2.17. The summed E-state index contributed by atoms with van der Waals surface area (Å²) >= 11 is 0. The average Bonchev–Trinajstić information content (AvgIpc) is 1.82. The molecule has 0 saturated heterocycles. The summed E-state index contributed by atoms with van der Waals surface area (Å²) < 4.78 is 5.59. The van der Waals surface area contributed by atoms with Crippen LogP contribution in [0.4, 0.5) is 0 Å². The molecule has 0 fully saturated rings. The van der Waals surface area contributed by atoms with Crippen molar-refractivity contribution in [2.45, 2.75) is 40.0 Å². The van der Waals surface area contributed by atoms with Crippen LogP contribution in [0, 0.1) is 0 Å². The third kappa shape index (κ3) is 3.32. The minimum absolute atomic E-state index is 0.108. The predicted molar refractivity (Wildman–Crippen MR) is 53.5 cm³/mol. The molecule has 0 rings (SSSR count). The van der Waals surface area contributed by atoms with Gasteiger partial charge in [-0.05, 0) is 39.4 Å². The van der Waals surface area contributed by atoms with Crippen LogP contribution >= 0.6 is 0 Å². The van der Waals surface area contributed by atoms with Gasteiger partial charge in [-0.1, -0.05) is 6.58 Å². The molecule has 0 radical (unpaired) electrons. The first kappa shape index (κ1) is 11.6. The maximum Gasteiger partial charge on any atom is 0.264 e. The van der Waals surface area contributed by atoms with Gasteiger partial charge in [-0.2, -0.15) is 0 Å². The van der Waals surface area contributed by atoms with Crippen molar-refractivity contribution in [3.63, 3.8) is 0 Å². The molecular weight excluding hydrogens is 168 g/mol. The van der Waals surface area contributed by atoms with E-state index in [1.165, 1.54) is 0 Å². The molecule has 70 valence electrons. The molecule has 0 aromatic heterocycles. The molecular formula is C9H18O2Si. The SMILES string of the molecule is C=C(C)C(=O)[Si](C)(C)OC(C)C. The lowest BCUT2D eigenvalue weighted by molar-refractivity contribution is -0.110. The van der Waals surface area contributed by atoms with Crippen LogP contribution in [0.3, 0.4) is 0 Å². The van der Waals surface area contributed by atoms with Crippen LogP contribution in [0.5, 0.6) is 0 Å². The predicted octanol–water partition coefficient (Wildman–Crippen LogP) is 2.30. The lowest BCUT2D eigenvalue weighted by Gasteiger charge is -2.23. The molecule has 0 N–H and O–H groups in total. The molecule has 2 nitrogen and oxygen atoms in total. The second-order valence-electron chi connectivity index (χ2n) is 3.79. The Bertz CT molecular complexity index is 195. The maximum absolute atomic E-state index is 11.5. The Morgan fingerprint density at radius 1 is 1.42 bits per heavy atom. The fourth-order valence-corrected chi connectivity index (χ4v) is 3.47. The maximum atomic E-state index is 11.5. The first-order valence-electron chi connectivity index (χ1n) is 4.15. The Kier molecular flexibility index (Phi) is 3.87. The fourth-order valence-electron chi connectivity index (χ4n) is 1.16. The molecule has 0 spiro atoms. The van der Waals surface area contributed by atoms with E-state index in [2.05, 4.69) is 6.58 Å². The standard InChI is InChI=1S/C9H18O2Si/c1-7(2)9(10)12(5,6)11-8(3)4/h8H,1H2,2-6H3. The van der Waals surface area contributed by atoms with E-state index in [9.17, 15) is 4.79 Å². The van der Waals surface area contributed by atoms with Gasteiger partial charge >= 0.3 is 0 Å². The summed E-state index contributed by atoms with van der Waals surface area (Å²) in [5.74, 6) is 0. The van der Waals surface area contributed by atoms with E-state index in [-0.39, 0.29) is 11.5 Å². The molecule has 3 heteroatoms. The largest absolute Gasteiger partial charge is 0.407 e. The molecule has 0 aromatic rings. The highest BCUT2D eigenvalue weighted by molar-refractivity contribution is 7.01. The van der Waals surface area contributed by atoms with Gasteiger partial charge in [-0.3, -0.25) is 4.79 Å². The van der Waals surface area contributed by atoms with Gasteiger partial charge in [-0.15, -0.1) is 0 Å². The van der Waals surface area contributed by atoms with Gasteiger partial charge in [-0.25, -0.2) is 0 Å². The van der Waals surface area contributed by atoms with Gasteiger partial charge in [0.25, 0.3) is 8.32 Å². The van der Waals surface area contributed by atoms with Crippen LogP contribution in [0.1, 0.15) is 20.8 Å². The lowest BCUT2D eigenvalue weighted by atomic mass is 10.4. The molecule has 0 amide bonds. The summed E-state index contributed by atoms with van der Waals surface area (Å²) in [6.45, 7) is 13.1. The van der Waals surface area contributed by atoms with Gasteiger partial charge in [0.2, 0.25) is 0 Å². The van der Waals surface area contributed by atoms with E-state index >= 15 is 0 Å². The van der Waals surface area contributed by atoms with Crippen molar-refractivity contribution in [3.05, 3.63) is 12.2 Å². The lowest BCUT2D eigenvalue weighted by Crippen LogP contribution is -2.43. The van der Waals surface area contributed by atoms with E-state index in [1.807, 2.05) is 26.9 Å². The Morgan fingerprint density at radius 2 is 1.83 bits per heavy atom. The zero-order valence-corrected chi connectivity index (χ0v) is 9.60. The zero-order chi connectivity index (χ0) is 9.94. The summed E-state index contributed by atoms with van der Waals surface area (Å²) in [6, 6.07) is 0. The Morgan fingerprint density at radius 3 is 2.08 bits per heavy atom. The van der Waals surface area contributed by atoms with Crippen LogP contribution in [0.25, 0.3) is 0 Å². The van der Waals surface area contributed by atoms with Gasteiger partial charge < -0.3 is 4.43 Å². The monoisotopic (exact) mass is 186 g/mol. The average molecular weight is 186 g/mol. The van der Waals surface area contributed by atoms with Crippen molar-refractivity contribution in [1.29, 1.82) is 0 Å². The summed E-state index contributed by atoms with van der Waals surface area (Å²) in [4.78, 5) is 11.5. The van der Waals surface area contributed by atoms with Crippen LogP contribution in [0.2, 0.25) is 13.1 Å². The fraction of sp³-hybridized carbons (Fsp3) is 0.667. The molecule has 0 aliphatic rings. The second kappa shape index (κ2) is 4.01. The van der Waals surface area contributed by atoms with Crippen LogP contribution in [-0.2, 0) is 9.22 Å². The van der Waals surface area contributed by atoms with Crippen molar-refractivity contribution < 1.29 is 9.22 Å². The topological polar surface area (TPSA) is 26.3 Å². The minimum Gasteiger partial charge on any atom is -0.407 e. The summed E-state index contributed by atoms with van der Waals surface area (Å²) in [5.41, 5.74) is 0.604. The van der Waals surface area contributed by atoms with Crippen molar-refractivity contribution in [2.75, 3.05) is 0 Å². The number of carbonyl (C=O) groups is 1. The molecule has 0 aliphatic heterocycles. The highest BCUT2D eigenvalue weighted by atomic mass is 28.4. The van der Waals surface area contributed by atoms with Gasteiger partial charge in [0.1, 0.15) is 0 Å². The molecule has 0 atom stereocenters. The quantitative estimate of drug-likeness (QED) is 0.497. The zero-order valence-electron chi connectivity index (χ0n) is 8.60. The highest BCUT2D eigenvalue weighted by Gasteiger charge is 2.33. The molecule has 0 heterocycles. The number of rotatable bonds is 4. The van der Waals surface area contributed by atoms with Gasteiger partial charge in [0.05, 0.1) is 0 Å². The van der Waals surface area contributed by atoms with Crippen molar-refractivity contribution >= 4 is 13.7 Å². The number of carbonyl (C=O) groups excluding carboxylic acids is 1. The third-order valence-corrected chi connectivity index (χ3v) is 4.05. The molecule has 12 heavy (non-hydrogen) atoms. The van der Waals surface area contributed by atoms with Crippen molar-refractivity contribution in [3.8, 4) is 0 Å². The van der Waals surface area contributed by atoms with E-state index in [0.717, 1.165) is 0 Å². The minimum atomic E-state index is -2.17. The number of hydrogen-bond acceptors (Lipinski definition) is 2. The summed E-state index contributed by atoms with van der Waals surface area (Å²) in [5, 5.41) is 0.108. The summed E-state index contributed by atoms with van der Waals surface area (Å²) in [6.07, 6.45) is 0.120. The highest BCUT2D eigenvalue weighted by Crippen LogP contribution is 2.12. The van der Waals surface area contributed by atoms with Gasteiger partial charge in [0, 0.05) is 6.10 Å². The third-order valence-electron chi connectivity index (χ3n) is 1.46. The Balaban J connectivity index is 4.39. The molecule has 0 saturated carbocycles. The van der Waals surface area contributed by atoms with Gasteiger partial charge in [0.15, 0.2) is 5.41 Å². The normalized spacial score (nSPS) is 11.8. The van der Waals surface area contributed by atoms with E-state index in [4.69, 9.17) is 4.43 Å². The molecule has 0 aliphatic carbocycles. The smallest absolute Gasteiger partial charge is 0.264 e. The van der Waals surface area contributed by atoms with Crippen molar-refractivity contribution in [2.24, 2.45) is 0 Å². The Labute approximate surface area is 75.7 Å². The van der Waals surface area contributed by atoms with E-state index < -0.39 is 8.32 Å². The Hall–Kier alpha value is -0.413. The first-order chi connectivity index (χ1) is 5.27.